The van der Waals surface area contributed by atoms with Crippen LogP contribution in [0.2, 0.25) is 0 Å². The molecule has 0 aliphatic carbocycles. The van der Waals surface area contributed by atoms with Gasteiger partial charge in [-0.25, -0.2) is 0 Å². The lowest BCUT2D eigenvalue weighted by Gasteiger charge is -2.07. The predicted octanol–water partition coefficient (Wildman–Crippen LogP) is 1.69. The molecule has 0 saturated carbocycles. The van der Waals surface area contributed by atoms with Crippen molar-refractivity contribution in [1.82, 2.24) is 5.32 Å². The maximum atomic E-state index is 11.4. The summed E-state index contributed by atoms with van der Waals surface area (Å²) in [5.74, 6) is 5.89. The molecule has 0 aliphatic rings. The highest BCUT2D eigenvalue weighted by atomic mass is 16.2. The molecule has 0 atom stereocenters. The fraction of sp³-hybridized carbons (Fsp3) is 0.400. The molecule has 0 aliphatic heterocycles. The Morgan fingerprint density at radius 3 is 2.89 bits per heavy atom. The first-order valence-electron chi connectivity index (χ1n) is 6.10. The first-order chi connectivity index (χ1) is 8.63. The van der Waals surface area contributed by atoms with Crippen molar-refractivity contribution in [2.45, 2.75) is 26.8 Å². The van der Waals surface area contributed by atoms with Crippen LogP contribution in [0.4, 0.5) is 0 Å². The lowest BCUT2D eigenvalue weighted by molar-refractivity contribution is -0.124. The molecule has 0 fully saturated rings. The molecule has 96 valence electrons. The van der Waals surface area contributed by atoms with Crippen LogP contribution >= 0.6 is 0 Å². The SMILES string of the molecule is CC(C)C(=O)NCc1cccc(C#CCCO)c1. The van der Waals surface area contributed by atoms with Crippen molar-refractivity contribution in [3.8, 4) is 11.8 Å². The zero-order chi connectivity index (χ0) is 13.4. The van der Waals surface area contributed by atoms with Gasteiger partial charge in [0, 0.05) is 24.4 Å². The third-order valence-electron chi connectivity index (χ3n) is 2.39. The van der Waals surface area contributed by atoms with Crippen molar-refractivity contribution in [1.29, 1.82) is 0 Å². The Morgan fingerprint density at radius 2 is 2.22 bits per heavy atom. The number of hydrogen-bond acceptors (Lipinski definition) is 2. The van der Waals surface area contributed by atoms with Gasteiger partial charge < -0.3 is 10.4 Å². The second kappa shape index (κ2) is 7.52. The van der Waals surface area contributed by atoms with Crippen LogP contribution in [0, 0.1) is 17.8 Å². The fourth-order valence-corrected chi connectivity index (χ4v) is 1.37. The summed E-state index contributed by atoms with van der Waals surface area (Å²) in [6.07, 6.45) is 0.480. The normalized spacial score (nSPS) is 9.78. The number of carbonyl (C=O) groups excluding carboxylic acids is 1. The maximum absolute atomic E-state index is 11.4. The summed E-state index contributed by atoms with van der Waals surface area (Å²) in [4.78, 5) is 11.4. The van der Waals surface area contributed by atoms with E-state index in [1.807, 2.05) is 38.1 Å². The van der Waals surface area contributed by atoms with E-state index < -0.39 is 0 Å². The van der Waals surface area contributed by atoms with Gasteiger partial charge in [-0.3, -0.25) is 4.79 Å². The van der Waals surface area contributed by atoms with Crippen LogP contribution < -0.4 is 5.32 Å². The number of hydrogen-bond donors (Lipinski definition) is 2. The van der Waals surface area contributed by atoms with Gasteiger partial charge in [0.15, 0.2) is 0 Å². The van der Waals surface area contributed by atoms with Gasteiger partial charge in [0.05, 0.1) is 6.61 Å². The molecule has 0 saturated heterocycles. The van der Waals surface area contributed by atoms with Crippen LogP contribution in [0.15, 0.2) is 24.3 Å². The summed E-state index contributed by atoms with van der Waals surface area (Å²) < 4.78 is 0. The van der Waals surface area contributed by atoms with Gasteiger partial charge in [-0.15, -0.1) is 0 Å². The Hall–Kier alpha value is -1.79. The van der Waals surface area contributed by atoms with E-state index in [1.54, 1.807) is 0 Å². The van der Waals surface area contributed by atoms with Crippen LogP contribution in [0.3, 0.4) is 0 Å². The summed E-state index contributed by atoms with van der Waals surface area (Å²) in [6, 6.07) is 7.74. The minimum Gasteiger partial charge on any atom is -0.395 e. The first kappa shape index (κ1) is 14.3. The van der Waals surface area contributed by atoms with E-state index in [-0.39, 0.29) is 18.4 Å². The molecular weight excluding hydrogens is 226 g/mol. The molecule has 1 rings (SSSR count). The van der Waals surface area contributed by atoms with E-state index in [0.29, 0.717) is 13.0 Å². The summed E-state index contributed by atoms with van der Waals surface area (Å²) >= 11 is 0. The molecule has 0 bridgehead atoms. The Morgan fingerprint density at radius 1 is 1.44 bits per heavy atom. The highest BCUT2D eigenvalue weighted by Crippen LogP contribution is 2.04. The molecule has 0 radical (unpaired) electrons. The van der Waals surface area contributed by atoms with Gasteiger partial charge in [-0.1, -0.05) is 37.8 Å². The summed E-state index contributed by atoms with van der Waals surface area (Å²) in [5, 5.41) is 11.5. The molecule has 3 heteroatoms. The van der Waals surface area contributed by atoms with Crippen LogP contribution in [-0.2, 0) is 11.3 Å². The van der Waals surface area contributed by atoms with Crippen molar-refractivity contribution in [3.63, 3.8) is 0 Å². The van der Waals surface area contributed by atoms with Gasteiger partial charge in [-0.2, -0.15) is 0 Å². The zero-order valence-corrected chi connectivity index (χ0v) is 10.9. The van der Waals surface area contributed by atoms with Crippen LogP contribution in [-0.4, -0.2) is 17.6 Å². The number of benzene rings is 1. The zero-order valence-electron chi connectivity index (χ0n) is 10.9. The maximum Gasteiger partial charge on any atom is 0.222 e. The van der Waals surface area contributed by atoms with E-state index >= 15 is 0 Å². The average molecular weight is 245 g/mol. The Balaban J connectivity index is 2.60. The quantitative estimate of drug-likeness (QED) is 0.793. The highest BCUT2D eigenvalue weighted by Gasteiger charge is 2.05. The number of nitrogens with one attached hydrogen (secondary N) is 1. The molecule has 1 aromatic carbocycles. The molecule has 0 unspecified atom stereocenters. The second-order valence-electron chi connectivity index (χ2n) is 4.35. The Kier molecular flexibility index (Phi) is 5.96. The molecule has 1 amide bonds. The standard InChI is InChI=1S/C15H19NO2/c1-12(2)15(18)16-11-14-8-5-7-13(10-14)6-3-4-9-17/h5,7-8,10,12,17H,4,9,11H2,1-2H3,(H,16,18). The summed E-state index contributed by atoms with van der Waals surface area (Å²) in [6.45, 7) is 4.34. The molecule has 18 heavy (non-hydrogen) atoms. The number of aliphatic hydroxyl groups is 1. The van der Waals surface area contributed by atoms with E-state index in [0.717, 1.165) is 11.1 Å². The molecule has 0 heterocycles. The number of aliphatic hydroxyl groups excluding tert-OH is 1. The lowest BCUT2D eigenvalue weighted by Crippen LogP contribution is -2.27. The van der Waals surface area contributed by atoms with Gasteiger partial charge >= 0.3 is 0 Å². The lowest BCUT2D eigenvalue weighted by atomic mass is 10.1. The van der Waals surface area contributed by atoms with Crippen LogP contribution in [0.5, 0.6) is 0 Å². The van der Waals surface area contributed by atoms with Crippen molar-refractivity contribution in [2.75, 3.05) is 6.61 Å². The molecule has 3 nitrogen and oxygen atoms in total. The van der Waals surface area contributed by atoms with Gasteiger partial charge in [0.25, 0.3) is 0 Å². The van der Waals surface area contributed by atoms with Crippen LogP contribution in [0.25, 0.3) is 0 Å². The van der Waals surface area contributed by atoms with Gasteiger partial charge in [-0.05, 0) is 17.7 Å². The third kappa shape index (κ3) is 5.03. The van der Waals surface area contributed by atoms with E-state index in [2.05, 4.69) is 17.2 Å². The van der Waals surface area contributed by atoms with Crippen molar-refractivity contribution >= 4 is 5.91 Å². The van der Waals surface area contributed by atoms with E-state index in [4.69, 9.17) is 5.11 Å². The van der Waals surface area contributed by atoms with Crippen molar-refractivity contribution in [2.24, 2.45) is 5.92 Å². The Labute approximate surface area is 108 Å². The molecular formula is C15H19NO2. The first-order valence-corrected chi connectivity index (χ1v) is 6.10. The van der Waals surface area contributed by atoms with Crippen molar-refractivity contribution < 1.29 is 9.90 Å². The van der Waals surface area contributed by atoms with Gasteiger partial charge in [0.2, 0.25) is 5.91 Å². The number of carbonyl (C=O) groups is 1. The number of rotatable bonds is 4. The molecule has 1 aromatic rings. The molecule has 2 N–H and O–H groups in total. The number of amides is 1. The highest BCUT2D eigenvalue weighted by molar-refractivity contribution is 5.77. The second-order valence-corrected chi connectivity index (χ2v) is 4.35. The van der Waals surface area contributed by atoms with Crippen molar-refractivity contribution in [3.05, 3.63) is 35.4 Å². The predicted molar refractivity (Wildman–Crippen MR) is 71.7 cm³/mol. The monoisotopic (exact) mass is 245 g/mol. The Bertz CT molecular complexity index is 455. The van der Waals surface area contributed by atoms with Gasteiger partial charge in [0.1, 0.15) is 0 Å². The third-order valence-corrected chi connectivity index (χ3v) is 2.39. The minimum atomic E-state index is -0.00229. The topological polar surface area (TPSA) is 49.3 Å². The van der Waals surface area contributed by atoms with E-state index in [9.17, 15) is 4.79 Å². The summed E-state index contributed by atoms with van der Waals surface area (Å²) in [5.41, 5.74) is 1.93. The largest absolute Gasteiger partial charge is 0.395 e. The van der Waals surface area contributed by atoms with Crippen LogP contribution in [0.1, 0.15) is 31.4 Å². The smallest absolute Gasteiger partial charge is 0.222 e. The molecule has 0 spiro atoms. The van der Waals surface area contributed by atoms with E-state index in [1.165, 1.54) is 0 Å². The summed E-state index contributed by atoms with van der Waals surface area (Å²) in [7, 11) is 0. The average Bonchev–Trinajstić information content (AvgIpc) is 2.36. The fourth-order valence-electron chi connectivity index (χ4n) is 1.37. The minimum absolute atomic E-state index is 0.00229. The molecule has 0 aromatic heterocycles.